The summed E-state index contributed by atoms with van der Waals surface area (Å²) in [5.41, 5.74) is 1.95. The van der Waals surface area contributed by atoms with Crippen molar-refractivity contribution in [3.05, 3.63) is 47.5 Å². The van der Waals surface area contributed by atoms with Crippen LogP contribution in [0.2, 0.25) is 0 Å². The number of aromatic amines is 1. The second-order valence-electron chi connectivity index (χ2n) is 5.15. The van der Waals surface area contributed by atoms with Crippen LogP contribution in [-0.2, 0) is 11.2 Å². The van der Waals surface area contributed by atoms with Gasteiger partial charge < -0.3 is 15.0 Å². The molecule has 0 fully saturated rings. The summed E-state index contributed by atoms with van der Waals surface area (Å²) in [6.45, 7) is 6.42. The van der Waals surface area contributed by atoms with Crippen molar-refractivity contribution in [2.45, 2.75) is 33.3 Å². The Morgan fingerprint density at radius 3 is 2.71 bits per heavy atom. The number of benzene rings is 1. The second-order valence-corrected chi connectivity index (χ2v) is 5.15. The summed E-state index contributed by atoms with van der Waals surface area (Å²) >= 11 is 0. The van der Waals surface area contributed by atoms with Gasteiger partial charge in [-0.25, -0.2) is 4.98 Å². The molecule has 1 aromatic carbocycles. The molecule has 21 heavy (non-hydrogen) atoms. The largest absolute Gasteiger partial charge is 0.378 e. The van der Waals surface area contributed by atoms with Crippen molar-refractivity contribution in [2.75, 3.05) is 11.9 Å². The molecule has 5 heteroatoms. The summed E-state index contributed by atoms with van der Waals surface area (Å²) in [6.07, 6.45) is 0.861. The molecule has 2 rings (SSSR count). The number of imidazole rings is 1. The normalized spacial score (nSPS) is 10.9. The van der Waals surface area contributed by atoms with Gasteiger partial charge in [0.05, 0.1) is 12.7 Å². The molecule has 0 spiro atoms. The van der Waals surface area contributed by atoms with Crippen LogP contribution in [0.3, 0.4) is 0 Å². The minimum absolute atomic E-state index is 0.196. The van der Waals surface area contributed by atoms with Crippen LogP contribution in [0.4, 0.5) is 5.69 Å². The number of hydrogen-bond acceptors (Lipinski definition) is 3. The van der Waals surface area contributed by atoms with E-state index in [1.54, 1.807) is 0 Å². The van der Waals surface area contributed by atoms with E-state index in [-0.39, 0.29) is 12.0 Å². The van der Waals surface area contributed by atoms with E-state index in [9.17, 15) is 4.79 Å². The predicted octanol–water partition coefficient (Wildman–Crippen LogP) is 2.94. The molecule has 0 unspecified atom stereocenters. The highest BCUT2D eigenvalue weighted by molar-refractivity contribution is 6.03. The smallest absolute Gasteiger partial charge is 0.276 e. The van der Waals surface area contributed by atoms with Crippen LogP contribution in [0.25, 0.3) is 0 Å². The van der Waals surface area contributed by atoms with Crippen molar-refractivity contribution in [2.24, 2.45) is 0 Å². The summed E-state index contributed by atoms with van der Waals surface area (Å²) in [5, 5.41) is 2.83. The highest BCUT2D eigenvalue weighted by Crippen LogP contribution is 2.11. The number of para-hydroxylation sites is 1. The number of carbonyl (C=O) groups excluding carboxylic acids is 1. The van der Waals surface area contributed by atoms with Gasteiger partial charge in [-0.3, -0.25) is 4.79 Å². The van der Waals surface area contributed by atoms with E-state index in [0.717, 1.165) is 17.2 Å². The van der Waals surface area contributed by atoms with Gasteiger partial charge in [0.25, 0.3) is 5.91 Å². The van der Waals surface area contributed by atoms with E-state index in [1.165, 1.54) is 0 Å². The lowest BCUT2D eigenvalue weighted by molar-refractivity contribution is 0.0804. The fraction of sp³-hybridized carbons (Fsp3) is 0.375. The van der Waals surface area contributed by atoms with Gasteiger partial charge in [0.1, 0.15) is 11.5 Å². The number of aryl methyl sites for hydroxylation is 1. The van der Waals surface area contributed by atoms with Gasteiger partial charge in [0, 0.05) is 17.8 Å². The number of nitrogens with zero attached hydrogens (tertiary/aromatic N) is 1. The quantitative estimate of drug-likeness (QED) is 0.858. The maximum Gasteiger partial charge on any atom is 0.276 e. The zero-order valence-corrected chi connectivity index (χ0v) is 12.6. The molecular formula is C16H21N3O2. The third kappa shape index (κ3) is 4.43. The minimum atomic E-state index is -0.203. The molecule has 0 aliphatic rings. The molecule has 2 aromatic rings. The van der Waals surface area contributed by atoms with Gasteiger partial charge in [-0.1, -0.05) is 18.2 Å². The van der Waals surface area contributed by atoms with E-state index in [4.69, 9.17) is 4.74 Å². The zero-order valence-electron chi connectivity index (χ0n) is 12.6. The standard InChI is InChI=1S/C16H21N3O2/c1-11(2)21-10-9-14-17-12(3)15(19-14)16(20)18-13-7-5-4-6-8-13/h4-8,11H,9-10H2,1-3H3,(H,17,19)(H,18,20). The Labute approximate surface area is 124 Å². The van der Waals surface area contributed by atoms with Gasteiger partial charge >= 0.3 is 0 Å². The van der Waals surface area contributed by atoms with Crippen LogP contribution in [0, 0.1) is 6.92 Å². The second kappa shape index (κ2) is 7.04. The summed E-state index contributed by atoms with van der Waals surface area (Å²) in [6, 6.07) is 9.35. The van der Waals surface area contributed by atoms with Crippen LogP contribution < -0.4 is 5.32 Å². The minimum Gasteiger partial charge on any atom is -0.378 e. The highest BCUT2D eigenvalue weighted by atomic mass is 16.5. The average molecular weight is 287 g/mol. The third-order valence-corrected chi connectivity index (χ3v) is 2.97. The Morgan fingerprint density at radius 2 is 2.05 bits per heavy atom. The van der Waals surface area contributed by atoms with Crippen LogP contribution in [0.1, 0.15) is 35.9 Å². The van der Waals surface area contributed by atoms with Crippen molar-refractivity contribution in [1.82, 2.24) is 9.97 Å². The first-order valence-corrected chi connectivity index (χ1v) is 7.09. The van der Waals surface area contributed by atoms with E-state index in [1.807, 2.05) is 51.1 Å². The van der Waals surface area contributed by atoms with Gasteiger partial charge in [-0.05, 0) is 32.9 Å². The Bertz CT molecular complexity index is 591. The molecule has 112 valence electrons. The Balaban J connectivity index is 1.99. The van der Waals surface area contributed by atoms with E-state index < -0.39 is 0 Å². The molecule has 0 radical (unpaired) electrons. The maximum atomic E-state index is 12.2. The molecular weight excluding hydrogens is 266 g/mol. The fourth-order valence-electron chi connectivity index (χ4n) is 1.96. The van der Waals surface area contributed by atoms with Crippen molar-refractivity contribution in [1.29, 1.82) is 0 Å². The highest BCUT2D eigenvalue weighted by Gasteiger charge is 2.15. The molecule has 1 aromatic heterocycles. The molecule has 1 heterocycles. The number of anilines is 1. The lowest BCUT2D eigenvalue weighted by Gasteiger charge is -2.05. The van der Waals surface area contributed by atoms with Gasteiger partial charge in [0.15, 0.2) is 0 Å². The topological polar surface area (TPSA) is 67.0 Å². The van der Waals surface area contributed by atoms with Crippen LogP contribution in [0.5, 0.6) is 0 Å². The first-order chi connectivity index (χ1) is 10.1. The number of nitrogens with one attached hydrogen (secondary N) is 2. The Kier molecular flexibility index (Phi) is 5.11. The molecule has 5 nitrogen and oxygen atoms in total. The van der Waals surface area contributed by atoms with Crippen molar-refractivity contribution >= 4 is 11.6 Å². The fourth-order valence-corrected chi connectivity index (χ4v) is 1.96. The number of aromatic nitrogens is 2. The number of hydrogen-bond donors (Lipinski definition) is 2. The monoisotopic (exact) mass is 287 g/mol. The molecule has 0 aliphatic carbocycles. The zero-order chi connectivity index (χ0) is 15.2. The van der Waals surface area contributed by atoms with Crippen molar-refractivity contribution < 1.29 is 9.53 Å². The SMILES string of the molecule is Cc1[nH]c(CCOC(C)C)nc1C(=O)Nc1ccccc1. The van der Waals surface area contributed by atoms with Gasteiger partial charge in [-0.15, -0.1) is 0 Å². The average Bonchev–Trinajstić information content (AvgIpc) is 2.81. The summed E-state index contributed by atoms with van der Waals surface area (Å²) < 4.78 is 5.49. The molecule has 2 N–H and O–H groups in total. The molecule has 0 saturated heterocycles. The maximum absolute atomic E-state index is 12.2. The van der Waals surface area contributed by atoms with Crippen LogP contribution >= 0.6 is 0 Å². The van der Waals surface area contributed by atoms with Gasteiger partial charge in [-0.2, -0.15) is 0 Å². The Hall–Kier alpha value is -2.14. The molecule has 0 aliphatic heterocycles. The predicted molar refractivity (Wildman–Crippen MR) is 82.5 cm³/mol. The molecule has 0 bridgehead atoms. The molecule has 0 saturated carbocycles. The lowest BCUT2D eigenvalue weighted by Crippen LogP contribution is -2.13. The van der Waals surface area contributed by atoms with Crippen molar-refractivity contribution in [3.8, 4) is 0 Å². The summed E-state index contributed by atoms with van der Waals surface area (Å²) in [4.78, 5) is 19.7. The lowest BCUT2D eigenvalue weighted by atomic mass is 10.3. The van der Waals surface area contributed by atoms with Crippen molar-refractivity contribution in [3.63, 3.8) is 0 Å². The number of amides is 1. The number of H-pyrrole nitrogens is 1. The Morgan fingerprint density at radius 1 is 1.33 bits per heavy atom. The van der Waals surface area contributed by atoms with Gasteiger partial charge in [0.2, 0.25) is 0 Å². The number of ether oxygens (including phenoxy) is 1. The first kappa shape index (κ1) is 15.3. The third-order valence-electron chi connectivity index (χ3n) is 2.97. The van der Waals surface area contributed by atoms with E-state index >= 15 is 0 Å². The number of rotatable bonds is 6. The number of carbonyl (C=O) groups is 1. The summed E-state index contributed by atoms with van der Waals surface area (Å²) in [7, 11) is 0. The van der Waals surface area contributed by atoms with Crippen LogP contribution in [0.15, 0.2) is 30.3 Å². The van der Waals surface area contributed by atoms with E-state index in [0.29, 0.717) is 18.7 Å². The van der Waals surface area contributed by atoms with E-state index in [2.05, 4.69) is 15.3 Å². The first-order valence-electron chi connectivity index (χ1n) is 7.09. The summed E-state index contributed by atoms with van der Waals surface area (Å²) in [5.74, 6) is 0.567. The van der Waals surface area contributed by atoms with Crippen LogP contribution in [-0.4, -0.2) is 28.6 Å². The molecule has 1 amide bonds. The molecule has 0 atom stereocenters.